The van der Waals surface area contributed by atoms with Gasteiger partial charge in [-0.05, 0) is 56.6 Å². The number of halogens is 1. The molecule has 1 aromatic carbocycles. The Morgan fingerprint density at radius 3 is 2.48 bits per heavy atom. The normalized spacial score (nSPS) is 17.6. The minimum Gasteiger partial charge on any atom is -0.302 e. The van der Waals surface area contributed by atoms with Crippen LogP contribution in [0.4, 0.5) is 0 Å². The molecule has 21 heavy (non-hydrogen) atoms. The summed E-state index contributed by atoms with van der Waals surface area (Å²) in [4.78, 5) is 2.68. The summed E-state index contributed by atoms with van der Waals surface area (Å²) in [6.45, 7) is 5.31. The Labute approximate surface area is 136 Å². The second kappa shape index (κ2) is 7.72. The van der Waals surface area contributed by atoms with E-state index < -0.39 is 10.0 Å². The molecule has 0 amide bonds. The van der Waals surface area contributed by atoms with Gasteiger partial charge in [-0.3, -0.25) is 0 Å². The summed E-state index contributed by atoms with van der Waals surface area (Å²) >= 11 is 3.39. The van der Waals surface area contributed by atoms with Crippen molar-refractivity contribution < 1.29 is 8.42 Å². The van der Waals surface area contributed by atoms with Crippen LogP contribution in [0.15, 0.2) is 27.6 Å². The predicted molar refractivity (Wildman–Crippen MR) is 89.0 cm³/mol. The zero-order valence-electron chi connectivity index (χ0n) is 12.4. The molecule has 1 fully saturated rings. The number of aryl methyl sites for hydroxylation is 1. The van der Waals surface area contributed by atoms with E-state index in [0.717, 1.165) is 29.7 Å². The molecule has 118 valence electrons. The average molecular weight is 375 g/mol. The van der Waals surface area contributed by atoms with Gasteiger partial charge >= 0.3 is 0 Å². The molecule has 4 nitrogen and oxygen atoms in total. The molecule has 0 aliphatic carbocycles. The lowest BCUT2D eigenvalue weighted by Crippen LogP contribution is -2.35. The monoisotopic (exact) mass is 374 g/mol. The Balaban J connectivity index is 1.90. The molecule has 0 aromatic heterocycles. The summed E-state index contributed by atoms with van der Waals surface area (Å²) in [5, 5.41) is 0. The number of likely N-dealkylation sites (tertiary alicyclic amines) is 1. The maximum Gasteiger partial charge on any atom is 0.240 e. The van der Waals surface area contributed by atoms with E-state index in [2.05, 4.69) is 25.6 Å². The van der Waals surface area contributed by atoms with E-state index in [0.29, 0.717) is 11.4 Å². The summed E-state index contributed by atoms with van der Waals surface area (Å²) in [6.07, 6.45) is 5.03. The summed E-state index contributed by atoms with van der Waals surface area (Å²) in [6, 6.07) is 5.10. The van der Waals surface area contributed by atoms with Gasteiger partial charge < -0.3 is 4.90 Å². The maximum atomic E-state index is 12.3. The highest BCUT2D eigenvalue weighted by atomic mass is 79.9. The Hall–Kier alpha value is -0.430. The van der Waals surface area contributed by atoms with E-state index in [-0.39, 0.29) is 0 Å². The van der Waals surface area contributed by atoms with Crippen molar-refractivity contribution >= 4 is 26.0 Å². The molecular weight excluding hydrogens is 352 g/mol. The van der Waals surface area contributed by atoms with Gasteiger partial charge in [0, 0.05) is 17.6 Å². The Bertz CT molecular complexity index is 567. The van der Waals surface area contributed by atoms with Crippen LogP contribution in [0.1, 0.15) is 31.2 Å². The minimum absolute atomic E-state index is 0.332. The lowest BCUT2D eigenvalue weighted by molar-refractivity contribution is 0.290. The third kappa shape index (κ3) is 5.06. The molecule has 1 heterocycles. The van der Waals surface area contributed by atoms with Crippen LogP contribution in [0.2, 0.25) is 0 Å². The van der Waals surface area contributed by atoms with Crippen molar-refractivity contribution in [3.63, 3.8) is 0 Å². The van der Waals surface area contributed by atoms with Crippen molar-refractivity contribution in [3.8, 4) is 0 Å². The van der Waals surface area contributed by atoms with Gasteiger partial charge in [0.05, 0.1) is 4.90 Å². The molecule has 6 heteroatoms. The summed E-state index contributed by atoms with van der Waals surface area (Å²) in [5.41, 5.74) is 0.922. The van der Waals surface area contributed by atoms with Crippen molar-refractivity contribution in [2.45, 2.75) is 37.5 Å². The fourth-order valence-electron chi connectivity index (χ4n) is 2.57. The van der Waals surface area contributed by atoms with Crippen molar-refractivity contribution in [2.24, 2.45) is 0 Å². The van der Waals surface area contributed by atoms with E-state index >= 15 is 0 Å². The third-order valence-corrected chi connectivity index (χ3v) is 6.21. The fraction of sp³-hybridized carbons (Fsp3) is 0.600. The molecule has 1 N–H and O–H groups in total. The van der Waals surface area contributed by atoms with Crippen LogP contribution in [0.5, 0.6) is 0 Å². The molecule has 1 aliphatic rings. The number of nitrogens with one attached hydrogen (secondary N) is 1. The fourth-order valence-corrected chi connectivity index (χ4v) is 3.92. The van der Waals surface area contributed by atoms with Crippen LogP contribution in [-0.2, 0) is 10.0 Å². The van der Waals surface area contributed by atoms with Crippen LogP contribution >= 0.6 is 15.9 Å². The van der Waals surface area contributed by atoms with Crippen molar-refractivity contribution in [2.75, 3.05) is 26.2 Å². The number of nitrogens with zero attached hydrogens (tertiary/aromatic N) is 1. The van der Waals surface area contributed by atoms with E-state index in [9.17, 15) is 8.42 Å². The van der Waals surface area contributed by atoms with Gasteiger partial charge in [0.15, 0.2) is 0 Å². The predicted octanol–water partition coefficient (Wildman–Crippen LogP) is 2.91. The highest BCUT2D eigenvalue weighted by molar-refractivity contribution is 9.10. The average Bonchev–Trinajstić information content (AvgIpc) is 2.70. The minimum atomic E-state index is -3.41. The summed E-state index contributed by atoms with van der Waals surface area (Å²) in [5.74, 6) is 0. The molecule has 1 saturated heterocycles. The molecular formula is C15H23BrN2O2S. The van der Waals surface area contributed by atoms with Gasteiger partial charge in [0.25, 0.3) is 0 Å². The standard InChI is InChI=1S/C15H23BrN2O2S/c1-13-12-14(6-7-15(13)16)21(19,20)17-8-11-18-9-4-2-3-5-10-18/h6-7,12,17H,2-5,8-11H2,1H3. The van der Waals surface area contributed by atoms with Crippen molar-refractivity contribution in [1.29, 1.82) is 0 Å². The molecule has 0 spiro atoms. The lowest BCUT2D eigenvalue weighted by Gasteiger charge is -2.19. The Kier molecular flexibility index (Phi) is 6.22. The lowest BCUT2D eigenvalue weighted by atomic mass is 10.2. The summed E-state index contributed by atoms with van der Waals surface area (Å²) < 4.78 is 28.1. The van der Waals surface area contributed by atoms with Crippen LogP contribution in [-0.4, -0.2) is 39.5 Å². The zero-order valence-corrected chi connectivity index (χ0v) is 14.8. The highest BCUT2D eigenvalue weighted by Crippen LogP contribution is 2.19. The highest BCUT2D eigenvalue weighted by Gasteiger charge is 2.15. The van der Waals surface area contributed by atoms with Crippen LogP contribution in [0.3, 0.4) is 0 Å². The molecule has 1 aliphatic heterocycles. The Morgan fingerprint density at radius 1 is 1.19 bits per heavy atom. The van der Waals surface area contributed by atoms with Crippen molar-refractivity contribution in [3.05, 3.63) is 28.2 Å². The number of benzene rings is 1. The quantitative estimate of drug-likeness (QED) is 0.861. The van der Waals surface area contributed by atoms with Crippen LogP contribution < -0.4 is 4.72 Å². The molecule has 2 rings (SSSR count). The van der Waals surface area contributed by atoms with E-state index in [4.69, 9.17) is 0 Å². The van der Waals surface area contributed by atoms with Gasteiger partial charge in [-0.1, -0.05) is 28.8 Å². The molecule has 0 atom stereocenters. The number of rotatable bonds is 5. The second-order valence-corrected chi connectivity index (χ2v) is 8.19. The first-order valence-corrected chi connectivity index (χ1v) is 9.75. The van der Waals surface area contributed by atoms with Gasteiger partial charge in [-0.2, -0.15) is 0 Å². The first-order chi connectivity index (χ1) is 9.99. The second-order valence-electron chi connectivity index (χ2n) is 5.56. The number of hydrogen-bond acceptors (Lipinski definition) is 3. The number of hydrogen-bond donors (Lipinski definition) is 1. The van der Waals surface area contributed by atoms with E-state index in [1.165, 1.54) is 25.7 Å². The van der Waals surface area contributed by atoms with Crippen LogP contribution in [0.25, 0.3) is 0 Å². The topological polar surface area (TPSA) is 49.4 Å². The van der Waals surface area contributed by atoms with Gasteiger partial charge in [-0.15, -0.1) is 0 Å². The van der Waals surface area contributed by atoms with Gasteiger partial charge in [0.1, 0.15) is 0 Å². The van der Waals surface area contributed by atoms with Crippen LogP contribution in [0, 0.1) is 6.92 Å². The summed E-state index contributed by atoms with van der Waals surface area (Å²) in [7, 11) is -3.41. The third-order valence-electron chi connectivity index (χ3n) is 3.86. The molecule has 0 bridgehead atoms. The van der Waals surface area contributed by atoms with E-state index in [1.807, 2.05) is 6.92 Å². The maximum absolute atomic E-state index is 12.3. The van der Waals surface area contributed by atoms with Gasteiger partial charge in [-0.25, -0.2) is 13.1 Å². The SMILES string of the molecule is Cc1cc(S(=O)(=O)NCCN2CCCCCC2)ccc1Br. The van der Waals surface area contributed by atoms with E-state index in [1.54, 1.807) is 18.2 Å². The largest absolute Gasteiger partial charge is 0.302 e. The smallest absolute Gasteiger partial charge is 0.240 e. The Morgan fingerprint density at radius 2 is 1.86 bits per heavy atom. The molecule has 1 aromatic rings. The molecule has 0 radical (unpaired) electrons. The zero-order chi connectivity index (χ0) is 15.3. The first kappa shape index (κ1) is 16.9. The first-order valence-electron chi connectivity index (χ1n) is 7.47. The molecule has 0 unspecified atom stereocenters. The molecule has 0 saturated carbocycles. The van der Waals surface area contributed by atoms with Crippen molar-refractivity contribution in [1.82, 2.24) is 9.62 Å². The van der Waals surface area contributed by atoms with Gasteiger partial charge in [0.2, 0.25) is 10.0 Å². The number of sulfonamides is 1.